The molecule has 2 aliphatic heterocycles. The summed E-state index contributed by atoms with van der Waals surface area (Å²) in [5.74, 6) is 0.209. The lowest BCUT2D eigenvalue weighted by Gasteiger charge is -2.33. The molecule has 176 valence electrons. The molecule has 0 fully saturated rings. The third kappa shape index (κ3) is 3.49. The first-order chi connectivity index (χ1) is 16.3. The van der Waals surface area contributed by atoms with Gasteiger partial charge in [0.15, 0.2) is 17.3 Å². The van der Waals surface area contributed by atoms with Gasteiger partial charge in [0, 0.05) is 18.3 Å². The Labute approximate surface area is 195 Å². The Balaban J connectivity index is 1.71. The highest BCUT2D eigenvalue weighted by Gasteiger charge is 2.44. The molecule has 2 aromatic heterocycles. The average Bonchev–Trinajstić information content (AvgIpc) is 3.40. The number of nitrogen functional groups attached to an aromatic ring is 1. The molecule has 0 radical (unpaired) electrons. The number of nitrogens with zero attached hydrogens (tertiary/aromatic N) is 6. The first-order valence-corrected chi connectivity index (χ1v) is 11.2. The molecule has 1 amide bonds. The normalized spacial score (nSPS) is 17.3. The van der Waals surface area contributed by atoms with Crippen LogP contribution in [0.1, 0.15) is 36.8 Å². The first-order valence-electron chi connectivity index (χ1n) is 11.2. The number of halogens is 2. The maximum Gasteiger partial charge on any atom is 0.283 e. The Kier molecular flexibility index (Phi) is 5.30. The number of anilines is 2. The monoisotopic (exact) mass is 465 g/mol. The Hall–Kier alpha value is -3.82. The third-order valence-electron chi connectivity index (χ3n) is 6.23. The molecule has 1 atom stereocenters. The van der Waals surface area contributed by atoms with Crippen molar-refractivity contribution >= 4 is 23.5 Å². The minimum atomic E-state index is -0.932. The number of nitrogens with two attached hydrogens (primary N) is 1. The number of amides is 1. The fraction of sp³-hybridized carbons (Fsp3) is 0.333. The van der Waals surface area contributed by atoms with Crippen molar-refractivity contribution in [2.24, 2.45) is 10.9 Å². The second kappa shape index (κ2) is 8.19. The number of carbonyl (C=O) groups is 1. The van der Waals surface area contributed by atoms with Gasteiger partial charge in [-0.3, -0.25) is 14.6 Å². The zero-order valence-corrected chi connectivity index (χ0v) is 19.2. The predicted molar refractivity (Wildman–Crippen MR) is 125 cm³/mol. The van der Waals surface area contributed by atoms with Crippen LogP contribution in [0.25, 0.3) is 11.4 Å². The summed E-state index contributed by atoms with van der Waals surface area (Å²) in [5.41, 5.74) is 7.24. The summed E-state index contributed by atoms with van der Waals surface area (Å²) < 4.78 is 29.4. The summed E-state index contributed by atoms with van der Waals surface area (Å²) >= 11 is 0. The Bertz CT molecular complexity index is 1300. The smallest absolute Gasteiger partial charge is 0.283 e. The number of fused-ring (bicyclic) bond motifs is 3. The molecule has 0 spiro atoms. The highest BCUT2D eigenvalue weighted by Crippen LogP contribution is 2.37. The number of imidazole rings is 1. The van der Waals surface area contributed by atoms with Gasteiger partial charge in [-0.05, 0) is 42.7 Å². The van der Waals surface area contributed by atoms with Gasteiger partial charge in [0.05, 0.1) is 19.1 Å². The Morgan fingerprint density at radius 2 is 1.97 bits per heavy atom. The molecule has 5 rings (SSSR count). The van der Waals surface area contributed by atoms with Crippen LogP contribution in [0.2, 0.25) is 0 Å². The quantitative estimate of drug-likeness (QED) is 0.622. The molecule has 0 aliphatic carbocycles. The summed E-state index contributed by atoms with van der Waals surface area (Å²) in [5, 5.41) is 0. The summed E-state index contributed by atoms with van der Waals surface area (Å²) in [6.07, 6.45) is 1.59. The molecule has 2 N–H and O–H groups in total. The average molecular weight is 466 g/mol. The number of rotatable bonds is 5. The molecular weight excluding hydrogens is 440 g/mol. The number of guanidine groups is 1. The van der Waals surface area contributed by atoms with Crippen LogP contribution in [-0.4, -0.2) is 50.4 Å². The molecule has 10 heteroatoms. The van der Waals surface area contributed by atoms with Crippen LogP contribution in [-0.2, 0) is 6.54 Å². The summed E-state index contributed by atoms with van der Waals surface area (Å²) in [4.78, 5) is 30.8. The first kappa shape index (κ1) is 22.0. The van der Waals surface area contributed by atoms with Gasteiger partial charge in [0.25, 0.3) is 5.91 Å². The molecule has 0 bridgehead atoms. The highest BCUT2D eigenvalue weighted by atomic mass is 19.2. The number of hydrogen-bond donors (Lipinski definition) is 1. The van der Waals surface area contributed by atoms with Crippen LogP contribution < -0.4 is 10.6 Å². The van der Waals surface area contributed by atoms with Gasteiger partial charge in [-0.2, -0.15) is 0 Å². The van der Waals surface area contributed by atoms with E-state index < -0.39 is 11.6 Å². The van der Waals surface area contributed by atoms with Gasteiger partial charge in [-0.15, -0.1) is 0 Å². The number of aliphatic imine (C=N–C) groups is 1. The SMILES string of the molecule is CCN1C(=O)c2nc(-c3ccc(N)nc3)n(Cc3ccc(F)c(F)c3)c2N2C[C@@H](C(C)C)N=C12. The largest absolute Gasteiger partial charge is 0.384 e. The highest BCUT2D eigenvalue weighted by molar-refractivity contribution is 6.18. The lowest BCUT2D eigenvalue weighted by Crippen LogP contribution is -2.50. The van der Waals surface area contributed by atoms with Crippen molar-refractivity contribution in [1.29, 1.82) is 0 Å². The molecule has 3 aromatic rings. The van der Waals surface area contributed by atoms with Crippen molar-refractivity contribution in [3.05, 3.63) is 59.4 Å². The molecule has 0 unspecified atom stereocenters. The van der Waals surface area contributed by atoms with Gasteiger partial charge in [0.1, 0.15) is 17.5 Å². The minimum absolute atomic E-state index is 0.0102. The summed E-state index contributed by atoms with van der Waals surface area (Å²) in [7, 11) is 0. The molecule has 34 heavy (non-hydrogen) atoms. The van der Waals surface area contributed by atoms with Crippen molar-refractivity contribution in [3.63, 3.8) is 0 Å². The zero-order chi connectivity index (χ0) is 24.1. The third-order valence-corrected chi connectivity index (χ3v) is 6.23. The van der Waals surface area contributed by atoms with Crippen molar-refractivity contribution in [2.75, 3.05) is 23.7 Å². The maximum absolute atomic E-state index is 14.0. The second-order valence-electron chi connectivity index (χ2n) is 8.81. The van der Waals surface area contributed by atoms with Crippen molar-refractivity contribution in [1.82, 2.24) is 19.4 Å². The van der Waals surface area contributed by atoms with Crippen LogP contribution in [0.4, 0.5) is 20.4 Å². The van der Waals surface area contributed by atoms with E-state index in [2.05, 4.69) is 18.8 Å². The molecule has 2 aliphatic rings. The van der Waals surface area contributed by atoms with Gasteiger partial charge in [-0.1, -0.05) is 19.9 Å². The van der Waals surface area contributed by atoms with E-state index in [1.165, 1.54) is 6.07 Å². The second-order valence-corrected chi connectivity index (χ2v) is 8.81. The van der Waals surface area contributed by atoms with Crippen molar-refractivity contribution in [3.8, 4) is 11.4 Å². The van der Waals surface area contributed by atoms with Gasteiger partial charge >= 0.3 is 0 Å². The van der Waals surface area contributed by atoms with E-state index in [0.717, 1.165) is 12.1 Å². The van der Waals surface area contributed by atoms with E-state index >= 15 is 0 Å². The van der Waals surface area contributed by atoms with Gasteiger partial charge in [-0.25, -0.2) is 23.7 Å². The van der Waals surface area contributed by atoms with Crippen molar-refractivity contribution in [2.45, 2.75) is 33.4 Å². The zero-order valence-electron chi connectivity index (χ0n) is 19.2. The van der Waals surface area contributed by atoms with E-state index in [1.54, 1.807) is 23.2 Å². The predicted octanol–water partition coefficient (Wildman–Crippen LogP) is 3.53. The van der Waals surface area contributed by atoms with E-state index in [4.69, 9.17) is 15.7 Å². The molecule has 8 nitrogen and oxygen atoms in total. The van der Waals surface area contributed by atoms with E-state index in [-0.39, 0.29) is 24.4 Å². The fourth-order valence-electron chi connectivity index (χ4n) is 4.38. The van der Waals surface area contributed by atoms with Crippen molar-refractivity contribution < 1.29 is 13.6 Å². The van der Waals surface area contributed by atoms with Crippen LogP contribution in [0.15, 0.2) is 41.5 Å². The van der Waals surface area contributed by atoms with E-state index in [1.807, 2.05) is 16.4 Å². The van der Waals surface area contributed by atoms with E-state index in [0.29, 0.717) is 53.3 Å². The minimum Gasteiger partial charge on any atom is -0.384 e. The molecule has 0 saturated carbocycles. The summed E-state index contributed by atoms with van der Waals surface area (Å²) in [6, 6.07) is 7.22. The molecular formula is C24H25F2N7O. The number of hydrogen-bond acceptors (Lipinski definition) is 6. The molecule has 0 saturated heterocycles. The Morgan fingerprint density at radius 1 is 1.18 bits per heavy atom. The fourth-order valence-corrected chi connectivity index (χ4v) is 4.38. The van der Waals surface area contributed by atoms with Crippen LogP contribution in [0, 0.1) is 17.6 Å². The van der Waals surface area contributed by atoms with Gasteiger partial charge in [0.2, 0.25) is 5.96 Å². The lowest BCUT2D eigenvalue weighted by atomic mass is 10.1. The molecule has 4 heterocycles. The lowest BCUT2D eigenvalue weighted by molar-refractivity contribution is 0.0841. The Morgan fingerprint density at radius 3 is 2.62 bits per heavy atom. The van der Waals surface area contributed by atoms with E-state index in [9.17, 15) is 13.6 Å². The standard InChI is InChI=1S/C24H25F2N7O/c1-4-31-23(34)20-22(33-12-18(13(2)3)29-24(31)33)32(11-14-5-7-16(25)17(26)9-14)21(30-20)15-6-8-19(27)28-10-15/h5-10,13,18H,4,11-12H2,1-3H3,(H2,27,28)/t18-/m0/s1. The maximum atomic E-state index is 14.0. The van der Waals surface area contributed by atoms with Crippen LogP contribution in [0.3, 0.4) is 0 Å². The van der Waals surface area contributed by atoms with Crippen LogP contribution >= 0.6 is 0 Å². The number of carbonyl (C=O) groups excluding carboxylic acids is 1. The number of benzene rings is 1. The molecule has 1 aromatic carbocycles. The topological polar surface area (TPSA) is 92.6 Å². The summed E-state index contributed by atoms with van der Waals surface area (Å²) in [6.45, 7) is 7.30. The van der Waals surface area contributed by atoms with Gasteiger partial charge < -0.3 is 10.3 Å². The number of pyridine rings is 1. The van der Waals surface area contributed by atoms with Crippen LogP contribution in [0.5, 0.6) is 0 Å². The number of aromatic nitrogens is 3.